The number of rotatable bonds is 7. The molecule has 0 aliphatic heterocycles. The number of methoxy groups -OCH3 is 1. The summed E-state index contributed by atoms with van der Waals surface area (Å²) < 4.78 is 4.95. The number of nitrogen functional groups attached to an aromatic ring is 2. The van der Waals surface area contributed by atoms with Crippen molar-refractivity contribution in [3.8, 4) is 0 Å². The van der Waals surface area contributed by atoms with Crippen LogP contribution in [0.4, 0.5) is 17.6 Å². The fraction of sp³-hybridized carbons (Fsp3) is 0.556. The fourth-order valence-corrected chi connectivity index (χ4v) is 1.22. The lowest BCUT2D eigenvalue weighted by atomic mass is 10.3. The predicted molar refractivity (Wildman–Crippen MR) is 63.9 cm³/mol. The summed E-state index contributed by atoms with van der Waals surface area (Å²) in [6, 6.07) is 1.70. The van der Waals surface area contributed by atoms with Crippen LogP contribution < -0.4 is 22.3 Å². The van der Waals surface area contributed by atoms with Crippen LogP contribution in [-0.2, 0) is 4.74 Å². The second-order valence-corrected chi connectivity index (χ2v) is 3.27. The van der Waals surface area contributed by atoms with Crippen LogP contribution in [0.1, 0.15) is 12.8 Å². The average Bonchev–Trinajstić information content (AvgIpc) is 2.28. The first kappa shape index (κ1) is 12.5. The van der Waals surface area contributed by atoms with E-state index in [0.29, 0.717) is 11.6 Å². The summed E-state index contributed by atoms with van der Waals surface area (Å²) in [5.41, 5.74) is 7.94. The third kappa shape index (κ3) is 4.28. The van der Waals surface area contributed by atoms with Crippen molar-refractivity contribution in [3.05, 3.63) is 6.07 Å². The van der Waals surface area contributed by atoms with Gasteiger partial charge in [-0.1, -0.05) is 0 Å². The molecule has 16 heavy (non-hydrogen) atoms. The van der Waals surface area contributed by atoms with Gasteiger partial charge in [-0.05, 0) is 12.8 Å². The van der Waals surface area contributed by atoms with E-state index < -0.39 is 0 Å². The molecule has 1 heterocycles. The molecule has 0 radical (unpaired) electrons. The first-order valence-corrected chi connectivity index (χ1v) is 5.10. The lowest BCUT2D eigenvalue weighted by molar-refractivity contribution is 0.194. The van der Waals surface area contributed by atoms with Crippen LogP contribution in [0.15, 0.2) is 6.07 Å². The predicted octanol–water partition coefficient (Wildman–Crippen LogP) is 0.183. The van der Waals surface area contributed by atoms with Crippen molar-refractivity contribution in [1.29, 1.82) is 0 Å². The molecular formula is C9H18N6O. The number of nitrogens with zero attached hydrogens (tertiary/aromatic N) is 2. The number of unbranched alkanes of at least 4 members (excludes halogenated alkanes) is 1. The molecule has 0 amide bonds. The van der Waals surface area contributed by atoms with Crippen molar-refractivity contribution >= 4 is 17.6 Å². The van der Waals surface area contributed by atoms with Crippen molar-refractivity contribution < 1.29 is 4.74 Å². The third-order valence-corrected chi connectivity index (χ3v) is 1.97. The first-order valence-electron chi connectivity index (χ1n) is 5.10. The van der Waals surface area contributed by atoms with E-state index in [9.17, 15) is 0 Å². The van der Waals surface area contributed by atoms with Gasteiger partial charge in [0.25, 0.3) is 0 Å². The summed E-state index contributed by atoms with van der Waals surface area (Å²) in [4.78, 5) is 7.91. The molecule has 0 unspecified atom stereocenters. The molecule has 0 aliphatic rings. The number of nitrogens with one attached hydrogen (secondary N) is 2. The molecule has 7 heteroatoms. The Hall–Kier alpha value is -1.60. The smallest absolute Gasteiger partial charge is 0.223 e. The van der Waals surface area contributed by atoms with Gasteiger partial charge in [-0.3, -0.25) is 0 Å². The van der Waals surface area contributed by atoms with Gasteiger partial charge in [-0.2, -0.15) is 9.97 Å². The quantitative estimate of drug-likeness (QED) is 0.298. The zero-order chi connectivity index (χ0) is 11.8. The Balaban J connectivity index is 2.38. The van der Waals surface area contributed by atoms with E-state index in [1.807, 2.05) is 0 Å². The second-order valence-electron chi connectivity index (χ2n) is 3.27. The second kappa shape index (κ2) is 6.81. The normalized spacial score (nSPS) is 10.1. The van der Waals surface area contributed by atoms with E-state index in [0.717, 1.165) is 26.0 Å². The Kier molecular flexibility index (Phi) is 5.30. The monoisotopic (exact) mass is 226 g/mol. The number of ether oxygens (including phenoxy) is 1. The van der Waals surface area contributed by atoms with Gasteiger partial charge >= 0.3 is 0 Å². The van der Waals surface area contributed by atoms with Gasteiger partial charge in [-0.25, -0.2) is 5.84 Å². The van der Waals surface area contributed by atoms with Crippen molar-refractivity contribution in [1.82, 2.24) is 9.97 Å². The highest BCUT2D eigenvalue weighted by Gasteiger charge is 2.00. The van der Waals surface area contributed by atoms with Gasteiger partial charge in [0, 0.05) is 26.3 Å². The molecule has 0 bridgehead atoms. The summed E-state index contributed by atoms with van der Waals surface area (Å²) in [6.45, 7) is 1.58. The Morgan fingerprint density at radius 3 is 2.75 bits per heavy atom. The zero-order valence-electron chi connectivity index (χ0n) is 9.36. The lowest BCUT2D eigenvalue weighted by Crippen LogP contribution is -2.12. The molecule has 1 aromatic heterocycles. The minimum absolute atomic E-state index is 0.190. The SMILES string of the molecule is COCCCCNc1cc(NN)nc(N)n1. The van der Waals surface area contributed by atoms with Gasteiger partial charge in [0.2, 0.25) is 5.95 Å². The van der Waals surface area contributed by atoms with Crippen LogP contribution in [0, 0.1) is 0 Å². The average molecular weight is 226 g/mol. The topological polar surface area (TPSA) is 111 Å². The lowest BCUT2D eigenvalue weighted by Gasteiger charge is -2.07. The molecule has 90 valence electrons. The number of anilines is 3. The summed E-state index contributed by atoms with van der Waals surface area (Å²) in [5.74, 6) is 6.59. The molecule has 0 spiro atoms. The van der Waals surface area contributed by atoms with E-state index in [1.165, 1.54) is 0 Å². The molecule has 0 fully saturated rings. The Morgan fingerprint density at radius 1 is 1.31 bits per heavy atom. The number of hydrogen-bond acceptors (Lipinski definition) is 7. The minimum Gasteiger partial charge on any atom is -0.385 e. The van der Waals surface area contributed by atoms with Crippen LogP contribution in [-0.4, -0.2) is 30.2 Å². The fourth-order valence-electron chi connectivity index (χ4n) is 1.22. The minimum atomic E-state index is 0.190. The molecular weight excluding hydrogens is 208 g/mol. The Bertz CT molecular complexity index is 319. The van der Waals surface area contributed by atoms with Crippen molar-refractivity contribution in [2.24, 2.45) is 5.84 Å². The number of hydrogen-bond donors (Lipinski definition) is 4. The van der Waals surface area contributed by atoms with Crippen LogP contribution in [0.3, 0.4) is 0 Å². The molecule has 1 aromatic rings. The largest absolute Gasteiger partial charge is 0.385 e. The van der Waals surface area contributed by atoms with Gasteiger partial charge in [0.1, 0.15) is 11.6 Å². The molecule has 7 nitrogen and oxygen atoms in total. The van der Waals surface area contributed by atoms with Crippen LogP contribution in [0.25, 0.3) is 0 Å². The first-order chi connectivity index (χ1) is 7.76. The maximum atomic E-state index is 5.51. The van der Waals surface area contributed by atoms with Crippen molar-refractivity contribution in [3.63, 3.8) is 0 Å². The molecule has 0 atom stereocenters. The van der Waals surface area contributed by atoms with Gasteiger partial charge in [0.05, 0.1) is 0 Å². The number of hydrazine groups is 1. The molecule has 6 N–H and O–H groups in total. The number of nitrogens with two attached hydrogens (primary N) is 2. The highest BCUT2D eigenvalue weighted by atomic mass is 16.5. The standard InChI is InChI=1S/C9H18N6O/c1-16-5-3-2-4-12-7-6-8(15-11)14-9(10)13-7/h6H,2-5,11H2,1H3,(H4,10,12,13,14,15). The Morgan fingerprint density at radius 2 is 2.06 bits per heavy atom. The zero-order valence-corrected chi connectivity index (χ0v) is 9.36. The van der Waals surface area contributed by atoms with Crippen LogP contribution in [0.5, 0.6) is 0 Å². The van der Waals surface area contributed by atoms with E-state index in [2.05, 4.69) is 20.7 Å². The maximum Gasteiger partial charge on any atom is 0.223 e. The van der Waals surface area contributed by atoms with E-state index in [4.69, 9.17) is 16.3 Å². The van der Waals surface area contributed by atoms with Gasteiger partial charge in [0.15, 0.2) is 0 Å². The highest BCUT2D eigenvalue weighted by molar-refractivity contribution is 5.50. The van der Waals surface area contributed by atoms with Crippen LogP contribution in [0.2, 0.25) is 0 Å². The third-order valence-electron chi connectivity index (χ3n) is 1.97. The maximum absolute atomic E-state index is 5.51. The van der Waals surface area contributed by atoms with E-state index in [1.54, 1.807) is 13.2 Å². The summed E-state index contributed by atoms with van der Waals surface area (Å²) in [7, 11) is 1.69. The molecule has 0 aromatic carbocycles. The number of aromatic nitrogens is 2. The summed E-state index contributed by atoms with van der Waals surface area (Å²) in [6.07, 6.45) is 2.01. The molecule has 0 saturated heterocycles. The molecule has 0 saturated carbocycles. The summed E-state index contributed by atoms with van der Waals surface area (Å²) in [5, 5.41) is 3.14. The van der Waals surface area contributed by atoms with E-state index >= 15 is 0 Å². The molecule has 1 rings (SSSR count). The van der Waals surface area contributed by atoms with Crippen molar-refractivity contribution in [2.45, 2.75) is 12.8 Å². The van der Waals surface area contributed by atoms with Crippen LogP contribution >= 0.6 is 0 Å². The molecule has 0 aliphatic carbocycles. The van der Waals surface area contributed by atoms with Gasteiger partial charge in [-0.15, -0.1) is 0 Å². The summed E-state index contributed by atoms with van der Waals surface area (Å²) >= 11 is 0. The van der Waals surface area contributed by atoms with Gasteiger partial charge < -0.3 is 21.2 Å². The van der Waals surface area contributed by atoms with E-state index in [-0.39, 0.29) is 5.95 Å². The Labute approximate surface area is 94.6 Å². The van der Waals surface area contributed by atoms with Crippen molar-refractivity contribution in [2.75, 3.05) is 36.7 Å². The highest BCUT2D eigenvalue weighted by Crippen LogP contribution is 2.11.